The van der Waals surface area contributed by atoms with Crippen LogP contribution in [0.5, 0.6) is 0 Å². The third-order valence-electron chi connectivity index (χ3n) is 5.11. The van der Waals surface area contributed by atoms with Crippen molar-refractivity contribution >= 4 is 23.2 Å². The molecule has 0 radical (unpaired) electrons. The number of nitrogens with one attached hydrogen (secondary N) is 2. The van der Waals surface area contributed by atoms with E-state index in [1.807, 2.05) is 11.4 Å². The summed E-state index contributed by atoms with van der Waals surface area (Å²) in [5.41, 5.74) is 0.986. The van der Waals surface area contributed by atoms with Crippen LogP contribution in [0.15, 0.2) is 11.4 Å². The molecule has 0 fully saturated rings. The largest absolute Gasteiger partial charge is 0.338 e. The number of thiophene rings is 1. The van der Waals surface area contributed by atoms with Crippen LogP contribution in [-0.4, -0.2) is 18.4 Å². The van der Waals surface area contributed by atoms with E-state index in [0.717, 1.165) is 23.4 Å². The van der Waals surface area contributed by atoms with Crippen LogP contribution in [0, 0.1) is 0 Å². The van der Waals surface area contributed by atoms with Crippen molar-refractivity contribution in [1.29, 1.82) is 0 Å². The Kier molecular flexibility index (Phi) is 9.75. The topological polar surface area (TPSA) is 58.2 Å². The number of hydrogen-bond acceptors (Lipinski definition) is 3. The molecule has 1 aromatic heterocycles. The first-order valence-corrected chi connectivity index (χ1v) is 11.2. The average Bonchev–Trinajstić information content (AvgIpc) is 3.13. The molecule has 0 spiro atoms. The van der Waals surface area contributed by atoms with Gasteiger partial charge in [-0.25, -0.2) is 4.79 Å². The summed E-state index contributed by atoms with van der Waals surface area (Å²) >= 11 is 1.48. The highest BCUT2D eigenvalue weighted by Gasteiger charge is 2.27. The molecule has 4 nitrogen and oxygen atoms in total. The smallest absolute Gasteiger partial charge is 0.315 e. The van der Waals surface area contributed by atoms with Gasteiger partial charge in [0.1, 0.15) is 0 Å². The van der Waals surface area contributed by atoms with Crippen LogP contribution >= 0.6 is 11.3 Å². The van der Waals surface area contributed by atoms with Gasteiger partial charge >= 0.3 is 6.03 Å². The van der Waals surface area contributed by atoms with Crippen LogP contribution in [-0.2, 0) is 0 Å². The van der Waals surface area contributed by atoms with Crippen LogP contribution in [0.1, 0.15) is 105 Å². The number of rotatable bonds is 12. The van der Waals surface area contributed by atoms with E-state index in [1.54, 1.807) is 0 Å². The van der Waals surface area contributed by atoms with E-state index in [2.05, 4.69) is 17.6 Å². The molecule has 0 aromatic carbocycles. The molecule has 0 aliphatic heterocycles. The molecule has 2 rings (SSSR count). The zero-order valence-electron chi connectivity index (χ0n) is 16.1. The average molecular weight is 379 g/mol. The highest BCUT2D eigenvalue weighted by Crippen LogP contribution is 2.33. The molecule has 1 aromatic rings. The zero-order valence-corrected chi connectivity index (χ0v) is 17.0. The zero-order chi connectivity index (χ0) is 18.6. The van der Waals surface area contributed by atoms with Gasteiger partial charge in [0.05, 0.1) is 10.9 Å². The van der Waals surface area contributed by atoms with E-state index in [1.165, 1.54) is 69.1 Å². The Bertz CT molecular complexity index is 556. The Labute approximate surface area is 162 Å². The first kappa shape index (κ1) is 20.9. The molecular formula is C21H34N2O2S. The van der Waals surface area contributed by atoms with E-state index in [9.17, 15) is 9.59 Å². The van der Waals surface area contributed by atoms with Crippen LogP contribution in [0.3, 0.4) is 0 Å². The van der Waals surface area contributed by atoms with Gasteiger partial charge < -0.3 is 10.6 Å². The summed E-state index contributed by atoms with van der Waals surface area (Å²) in [4.78, 5) is 24.7. The molecule has 2 N–H and O–H groups in total. The summed E-state index contributed by atoms with van der Waals surface area (Å²) in [6.45, 7) is 2.98. The second-order valence-electron chi connectivity index (χ2n) is 7.30. The minimum Gasteiger partial charge on any atom is -0.338 e. The number of carbonyl (C=O) groups is 2. The molecule has 1 aliphatic rings. The predicted molar refractivity (Wildman–Crippen MR) is 109 cm³/mol. The van der Waals surface area contributed by atoms with Crippen molar-refractivity contribution in [3.63, 3.8) is 0 Å². The summed E-state index contributed by atoms with van der Waals surface area (Å²) in [5.74, 6) is 0.207. The summed E-state index contributed by atoms with van der Waals surface area (Å²) in [7, 11) is 0. The quantitative estimate of drug-likeness (QED) is 0.439. The normalized spacial score (nSPS) is 16.3. The van der Waals surface area contributed by atoms with E-state index < -0.39 is 0 Å². The maximum absolute atomic E-state index is 12.1. The molecule has 1 unspecified atom stereocenters. The summed E-state index contributed by atoms with van der Waals surface area (Å²) < 4.78 is 0. The maximum atomic E-state index is 12.1. The van der Waals surface area contributed by atoms with Crippen molar-refractivity contribution in [2.24, 2.45) is 0 Å². The van der Waals surface area contributed by atoms with Crippen molar-refractivity contribution in [2.45, 2.75) is 90.0 Å². The van der Waals surface area contributed by atoms with E-state index >= 15 is 0 Å². The van der Waals surface area contributed by atoms with Gasteiger partial charge in [-0.1, -0.05) is 64.7 Å². The molecule has 0 saturated heterocycles. The Morgan fingerprint density at radius 2 is 1.73 bits per heavy atom. The summed E-state index contributed by atoms with van der Waals surface area (Å²) in [5, 5.41) is 7.91. The fourth-order valence-corrected chi connectivity index (χ4v) is 4.47. The number of unbranched alkanes of at least 4 members (excludes halogenated alkanes) is 9. The fraction of sp³-hybridized carbons (Fsp3) is 0.714. The second-order valence-corrected chi connectivity index (χ2v) is 8.22. The van der Waals surface area contributed by atoms with Crippen LogP contribution in [0.25, 0.3) is 0 Å². The van der Waals surface area contributed by atoms with Crippen LogP contribution < -0.4 is 10.6 Å². The Hall–Kier alpha value is -1.36. The molecule has 0 bridgehead atoms. The molecule has 1 aliphatic carbocycles. The lowest BCUT2D eigenvalue weighted by Crippen LogP contribution is -2.39. The number of urea groups is 1. The lowest BCUT2D eigenvalue weighted by molar-refractivity contribution is 0.0968. The van der Waals surface area contributed by atoms with Crippen LogP contribution in [0.2, 0.25) is 0 Å². The van der Waals surface area contributed by atoms with Crippen molar-refractivity contribution in [2.75, 3.05) is 6.54 Å². The third kappa shape index (κ3) is 7.10. The van der Waals surface area contributed by atoms with Gasteiger partial charge in [0, 0.05) is 13.0 Å². The van der Waals surface area contributed by atoms with E-state index in [0.29, 0.717) is 12.8 Å². The van der Waals surface area contributed by atoms with Gasteiger partial charge in [0.25, 0.3) is 0 Å². The highest BCUT2D eigenvalue weighted by atomic mass is 32.1. The molecule has 0 saturated carbocycles. The number of Topliss-reactive ketones (excluding diaryl/α,β-unsaturated/α-hetero) is 1. The maximum Gasteiger partial charge on any atom is 0.315 e. The minimum atomic E-state index is -0.113. The number of amides is 2. The van der Waals surface area contributed by atoms with E-state index in [4.69, 9.17) is 0 Å². The van der Waals surface area contributed by atoms with Gasteiger partial charge in [-0.3, -0.25) is 4.79 Å². The van der Waals surface area contributed by atoms with Gasteiger partial charge in [-0.15, -0.1) is 11.3 Å². The van der Waals surface area contributed by atoms with Crippen molar-refractivity contribution in [3.8, 4) is 0 Å². The van der Waals surface area contributed by atoms with E-state index in [-0.39, 0.29) is 17.9 Å². The first-order valence-electron chi connectivity index (χ1n) is 10.4. The van der Waals surface area contributed by atoms with Crippen LogP contribution in [0.4, 0.5) is 4.79 Å². The fourth-order valence-electron chi connectivity index (χ4n) is 3.54. The van der Waals surface area contributed by atoms with Crippen molar-refractivity contribution < 1.29 is 9.59 Å². The number of hydrogen-bond donors (Lipinski definition) is 2. The number of fused-ring (bicyclic) bond motifs is 1. The van der Waals surface area contributed by atoms with Gasteiger partial charge in [-0.2, -0.15) is 0 Å². The molecular weight excluding hydrogens is 344 g/mol. The minimum absolute atomic E-state index is 0.0262. The monoisotopic (exact) mass is 378 g/mol. The SMILES string of the molecule is CCCCCCCCCCCCNC(=O)NC1CCC(=O)c2sccc21. The molecule has 146 valence electrons. The van der Waals surface area contributed by atoms with Crippen molar-refractivity contribution in [1.82, 2.24) is 10.6 Å². The standard InChI is InChI=1S/C21H34N2O2S/c1-2-3-4-5-6-7-8-9-10-11-15-22-21(25)23-18-12-13-19(24)20-17(18)14-16-26-20/h14,16,18H,2-13,15H2,1H3,(H2,22,23,25). The lowest BCUT2D eigenvalue weighted by atomic mass is 9.93. The van der Waals surface area contributed by atoms with Gasteiger partial charge in [-0.05, 0) is 29.9 Å². The predicted octanol–water partition coefficient (Wildman–Crippen LogP) is 5.99. The van der Waals surface area contributed by atoms with Crippen molar-refractivity contribution in [3.05, 3.63) is 21.9 Å². The summed E-state index contributed by atoms with van der Waals surface area (Å²) in [6, 6.07) is 1.82. The van der Waals surface area contributed by atoms with Gasteiger partial charge in [0.15, 0.2) is 5.78 Å². The molecule has 5 heteroatoms. The Balaban J connectivity index is 1.49. The Morgan fingerprint density at radius 1 is 1.08 bits per heavy atom. The lowest BCUT2D eigenvalue weighted by Gasteiger charge is -2.23. The molecule has 1 heterocycles. The Morgan fingerprint density at radius 3 is 2.42 bits per heavy atom. The third-order valence-corrected chi connectivity index (χ3v) is 6.08. The highest BCUT2D eigenvalue weighted by molar-refractivity contribution is 7.12. The number of ketones is 1. The molecule has 2 amide bonds. The molecule has 1 atom stereocenters. The molecule has 26 heavy (non-hydrogen) atoms. The summed E-state index contributed by atoms with van der Waals surface area (Å²) in [6.07, 6.45) is 14.2. The van der Waals surface area contributed by atoms with Gasteiger partial charge in [0.2, 0.25) is 0 Å². The number of carbonyl (C=O) groups excluding carboxylic acids is 2. The second kappa shape index (κ2) is 12.1. The first-order chi connectivity index (χ1) is 12.7.